The normalized spacial score (nSPS) is 49.1. The highest BCUT2D eigenvalue weighted by Gasteiger charge is 2.63. The number of Topliss-reactive ketones (excluding diaryl/α,β-unsaturated/α-hetero) is 1. The van der Waals surface area contributed by atoms with E-state index in [0.29, 0.717) is 48.9 Å². The van der Waals surface area contributed by atoms with Gasteiger partial charge in [-0.15, -0.1) is 0 Å². The van der Waals surface area contributed by atoms with Gasteiger partial charge in [-0.25, -0.2) is 0 Å². The summed E-state index contributed by atoms with van der Waals surface area (Å²) in [5, 5.41) is 42.8. The molecule has 0 unspecified atom stereocenters. The van der Waals surface area contributed by atoms with Crippen LogP contribution in [0.5, 0.6) is 0 Å². The quantitative estimate of drug-likeness (QED) is 0.496. The lowest BCUT2D eigenvalue weighted by Gasteiger charge is -2.61. The van der Waals surface area contributed by atoms with Crippen molar-refractivity contribution in [2.24, 2.45) is 58.2 Å². The van der Waals surface area contributed by atoms with Crippen molar-refractivity contribution < 1.29 is 25.2 Å². The zero-order valence-electron chi connectivity index (χ0n) is 21.6. The van der Waals surface area contributed by atoms with E-state index in [1.165, 1.54) is 0 Å². The SMILES string of the molecule is CC(C)[C@@H](C)[C@@H](O)[C@H](O)[C@@H](C)[C@H]1CC[C@H]2[C@@H]3CC(=O)[C@H]4C[C@H](O)[C@@H](O)C[C@]4(C)[C@H]3CC[C@]12C. The topological polar surface area (TPSA) is 98.0 Å². The van der Waals surface area contributed by atoms with Gasteiger partial charge in [-0.2, -0.15) is 0 Å². The second-order valence-electron chi connectivity index (χ2n) is 13.4. The van der Waals surface area contributed by atoms with Crippen LogP contribution in [0.25, 0.3) is 0 Å². The summed E-state index contributed by atoms with van der Waals surface area (Å²) in [4.78, 5) is 13.3. The highest BCUT2D eigenvalue weighted by Crippen LogP contribution is 2.67. The average molecular weight is 465 g/mol. The lowest BCUT2D eigenvalue weighted by molar-refractivity contribution is -0.175. The first-order chi connectivity index (χ1) is 15.3. The van der Waals surface area contributed by atoms with Crippen molar-refractivity contribution in [1.29, 1.82) is 0 Å². The lowest BCUT2D eigenvalue weighted by Crippen LogP contribution is -2.59. The van der Waals surface area contributed by atoms with Crippen LogP contribution in [0.3, 0.4) is 0 Å². The number of hydrogen-bond acceptors (Lipinski definition) is 5. The minimum absolute atomic E-state index is 0.0158. The molecule has 0 bridgehead atoms. The number of carbonyl (C=O) groups is 1. The Kier molecular flexibility index (Phi) is 6.88. The first kappa shape index (κ1) is 25.6. The monoisotopic (exact) mass is 464 g/mol. The molecule has 0 aliphatic heterocycles. The predicted molar refractivity (Wildman–Crippen MR) is 128 cm³/mol. The summed E-state index contributed by atoms with van der Waals surface area (Å²) < 4.78 is 0. The van der Waals surface area contributed by atoms with Crippen molar-refractivity contribution >= 4 is 5.78 Å². The van der Waals surface area contributed by atoms with Crippen LogP contribution in [0.1, 0.15) is 86.5 Å². The number of aliphatic hydroxyl groups excluding tert-OH is 4. The van der Waals surface area contributed by atoms with Gasteiger partial charge in [0.2, 0.25) is 0 Å². The molecule has 5 heteroatoms. The number of rotatable bonds is 5. The Morgan fingerprint density at radius 3 is 2.15 bits per heavy atom. The van der Waals surface area contributed by atoms with Gasteiger partial charge in [0, 0.05) is 12.3 Å². The van der Waals surface area contributed by atoms with Crippen LogP contribution < -0.4 is 0 Å². The zero-order valence-corrected chi connectivity index (χ0v) is 21.6. The van der Waals surface area contributed by atoms with Gasteiger partial charge in [-0.3, -0.25) is 4.79 Å². The van der Waals surface area contributed by atoms with Crippen LogP contribution in [0.15, 0.2) is 0 Å². The number of hydrogen-bond donors (Lipinski definition) is 4. The van der Waals surface area contributed by atoms with Crippen molar-refractivity contribution in [2.75, 3.05) is 0 Å². The fourth-order valence-corrected chi connectivity index (χ4v) is 9.23. The molecular weight excluding hydrogens is 416 g/mol. The largest absolute Gasteiger partial charge is 0.390 e. The molecule has 0 aromatic carbocycles. The smallest absolute Gasteiger partial charge is 0.136 e. The fraction of sp³-hybridized carbons (Fsp3) is 0.964. The van der Waals surface area contributed by atoms with Crippen LogP contribution in [0.2, 0.25) is 0 Å². The molecule has 33 heavy (non-hydrogen) atoms. The van der Waals surface area contributed by atoms with Crippen LogP contribution >= 0.6 is 0 Å². The Labute approximate surface area is 200 Å². The maximum Gasteiger partial charge on any atom is 0.136 e. The predicted octanol–water partition coefficient (Wildman–Crippen LogP) is 3.81. The van der Waals surface area contributed by atoms with Gasteiger partial charge in [-0.05, 0) is 90.8 Å². The molecule has 0 heterocycles. The molecular formula is C28H48O5. The molecule has 4 aliphatic rings. The van der Waals surface area contributed by atoms with E-state index in [1.54, 1.807) is 0 Å². The molecule has 4 rings (SSSR count). The standard InChI is InChI=1S/C28H48O5/c1-14(2)15(3)25(32)26(33)16(4)18-7-8-19-17-11-22(29)21-12-23(30)24(31)13-28(21,6)20(17)9-10-27(18,19)5/h14-21,23-26,30-33H,7-13H2,1-6H3/t15-,16+,17+,18-,19+,20+,21-,23+,24+,25-,26-,27-,28-/m1/s1. The Morgan fingerprint density at radius 1 is 0.879 bits per heavy atom. The van der Waals surface area contributed by atoms with Gasteiger partial charge in [0.1, 0.15) is 5.78 Å². The van der Waals surface area contributed by atoms with E-state index < -0.39 is 24.4 Å². The van der Waals surface area contributed by atoms with Gasteiger partial charge >= 0.3 is 0 Å². The van der Waals surface area contributed by atoms with E-state index in [0.717, 1.165) is 25.7 Å². The fourth-order valence-electron chi connectivity index (χ4n) is 9.23. The maximum atomic E-state index is 13.3. The lowest BCUT2D eigenvalue weighted by atomic mass is 9.44. The second kappa shape index (κ2) is 8.87. The van der Waals surface area contributed by atoms with Gasteiger partial charge in [0.05, 0.1) is 24.4 Å². The van der Waals surface area contributed by atoms with Crippen molar-refractivity contribution in [3.63, 3.8) is 0 Å². The molecule has 4 aliphatic carbocycles. The molecule has 4 fully saturated rings. The molecule has 4 N–H and O–H groups in total. The summed E-state index contributed by atoms with van der Waals surface area (Å²) >= 11 is 0. The van der Waals surface area contributed by atoms with Crippen LogP contribution in [-0.2, 0) is 4.79 Å². The molecule has 0 saturated heterocycles. The highest BCUT2D eigenvalue weighted by atomic mass is 16.3. The summed E-state index contributed by atoms with van der Waals surface area (Å²) in [5.41, 5.74) is -0.162. The van der Waals surface area contributed by atoms with E-state index >= 15 is 0 Å². The molecule has 4 saturated carbocycles. The van der Waals surface area contributed by atoms with Crippen molar-refractivity contribution in [2.45, 2.75) is 111 Å². The molecule has 0 aromatic heterocycles. The van der Waals surface area contributed by atoms with E-state index in [-0.39, 0.29) is 34.4 Å². The van der Waals surface area contributed by atoms with Crippen LogP contribution in [0, 0.1) is 58.2 Å². The maximum absolute atomic E-state index is 13.3. The van der Waals surface area contributed by atoms with Gasteiger partial charge in [0.15, 0.2) is 0 Å². The summed E-state index contributed by atoms with van der Waals surface area (Å²) in [6, 6.07) is 0. The first-order valence-corrected chi connectivity index (χ1v) is 13.6. The van der Waals surface area contributed by atoms with E-state index in [2.05, 4.69) is 34.6 Å². The number of aliphatic hydroxyl groups is 4. The van der Waals surface area contributed by atoms with Gasteiger partial charge < -0.3 is 20.4 Å². The van der Waals surface area contributed by atoms with E-state index in [1.807, 2.05) is 6.92 Å². The minimum atomic E-state index is -0.782. The van der Waals surface area contributed by atoms with Crippen molar-refractivity contribution in [3.05, 3.63) is 0 Å². The molecule has 0 spiro atoms. The second-order valence-corrected chi connectivity index (χ2v) is 13.4. The Morgan fingerprint density at radius 2 is 1.52 bits per heavy atom. The minimum Gasteiger partial charge on any atom is -0.390 e. The van der Waals surface area contributed by atoms with Crippen molar-refractivity contribution in [1.82, 2.24) is 0 Å². The van der Waals surface area contributed by atoms with Gasteiger partial charge in [-0.1, -0.05) is 41.5 Å². The summed E-state index contributed by atoms with van der Waals surface area (Å²) in [7, 11) is 0. The molecule has 5 nitrogen and oxygen atoms in total. The third-order valence-electron chi connectivity index (χ3n) is 11.7. The highest BCUT2D eigenvalue weighted by molar-refractivity contribution is 5.83. The number of carbonyl (C=O) groups excluding carboxylic acids is 1. The third kappa shape index (κ3) is 3.93. The van der Waals surface area contributed by atoms with Gasteiger partial charge in [0.25, 0.3) is 0 Å². The average Bonchev–Trinajstić information content (AvgIpc) is 3.10. The third-order valence-corrected chi connectivity index (χ3v) is 11.7. The molecule has 0 radical (unpaired) electrons. The Bertz CT molecular complexity index is 738. The van der Waals surface area contributed by atoms with E-state index in [4.69, 9.17) is 0 Å². The van der Waals surface area contributed by atoms with Crippen LogP contribution in [0.4, 0.5) is 0 Å². The molecule has 0 amide bonds. The van der Waals surface area contributed by atoms with E-state index in [9.17, 15) is 25.2 Å². The zero-order chi connectivity index (χ0) is 24.5. The van der Waals surface area contributed by atoms with Crippen molar-refractivity contribution in [3.8, 4) is 0 Å². The number of fused-ring (bicyclic) bond motifs is 5. The molecule has 190 valence electrons. The molecule has 0 aromatic rings. The summed E-state index contributed by atoms with van der Waals surface area (Å²) in [6.07, 6.45) is 2.80. The Balaban J connectivity index is 1.56. The number of ketones is 1. The summed E-state index contributed by atoms with van der Waals surface area (Å²) in [5.74, 6) is 2.05. The first-order valence-electron chi connectivity index (χ1n) is 13.6. The molecule has 13 atom stereocenters. The summed E-state index contributed by atoms with van der Waals surface area (Å²) in [6.45, 7) is 12.9. The Hall–Kier alpha value is -0.490. The van der Waals surface area contributed by atoms with Crippen LogP contribution in [-0.4, -0.2) is 50.6 Å².